The number of carbonyl (C=O) groups is 2. The molecule has 0 saturated heterocycles. The van der Waals surface area contributed by atoms with Gasteiger partial charge in [0.15, 0.2) is 11.6 Å². The van der Waals surface area contributed by atoms with Crippen molar-refractivity contribution in [1.82, 2.24) is 0 Å². The number of Topliss-reactive ketones (excluding diaryl/α,β-unsaturated/α-hetero) is 2. The second-order valence-electron chi connectivity index (χ2n) is 3.89. The molecule has 0 atom stereocenters. The van der Waals surface area contributed by atoms with E-state index in [9.17, 15) is 14.0 Å². The van der Waals surface area contributed by atoms with Crippen LogP contribution < -0.4 is 0 Å². The first-order chi connectivity index (χ1) is 8.59. The summed E-state index contributed by atoms with van der Waals surface area (Å²) < 4.78 is 18.4. The van der Waals surface area contributed by atoms with Gasteiger partial charge in [-0.25, -0.2) is 4.39 Å². The molecule has 3 nitrogen and oxygen atoms in total. The highest BCUT2D eigenvalue weighted by Crippen LogP contribution is 2.15. The Bertz CT molecular complexity index is 599. The van der Waals surface area contributed by atoms with Gasteiger partial charge in [-0.3, -0.25) is 9.59 Å². The van der Waals surface area contributed by atoms with Crippen LogP contribution in [0.5, 0.6) is 0 Å². The van der Waals surface area contributed by atoms with E-state index >= 15 is 0 Å². The number of hydrogen-bond acceptors (Lipinski definition) is 3. The minimum absolute atomic E-state index is 0.0630. The maximum Gasteiger partial charge on any atom is 0.174 e. The number of aryl methyl sites for hydroxylation is 1. The van der Waals surface area contributed by atoms with E-state index in [-0.39, 0.29) is 17.8 Å². The topological polar surface area (TPSA) is 47.3 Å². The van der Waals surface area contributed by atoms with Gasteiger partial charge in [0.1, 0.15) is 11.6 Å². The first-order valence-corrected chi connectivity index (χ1v) is 5.44. The van der Waals surface area contributed by atoms with Gasteiger partial charge in [0.25, 0.3) is 0 Å². The number of rotatable bonds is 4. The maximum absolute atomic E-state index is 13.4. The molecule has 1 aromatic heterocycles. The van der Waals surface area contributed by atoms with Crippen LogP contribution in [-0.4, -0.2) is 11.6 Å². The molecule has 2 aromatic rings. The van der Waals surface area contributed by atoms with Gasteiger partial charge in [-0.15, -0.1) is 0 Å². The van der Waals surface area contributed by atoms with Crippen molar-refractivity contribution >= 4 is 11.6 Å². The zero-order valence-electron chi connectivity index (χ0n) is 9.77. The molecule has 0 aliphatic rings. The zero-order valence-corrected chi connectivity index (χ0v) is 9.77. The quantitative estimate of drug-likeness (QED) is 0.614. The minimum atomic E-state index is -0.612. The standard InChI is InChI=1S/C14H11FO3/c1-9-10(6-7-18-9)13(16)8-14(17)11-4-2-3-5-12(11)15/h2-7H,8H2,1H3. The molecule has 1 heterocycles. The Balaban J connectivity index is 2.16. The maximum atomic E-state index is 13.4. The van der Waals surface area contributed by atoms with E-state index in [1.54, 1.807) is 13.0 Å². The van der Waals surface area contributed by atoms with Gasteiger partial charge in [0.2, 0.25) is 0 Å². The molecule has 92 valence electrons. The highest BCUT2D eigenvalue weighted by molar-refractivity contribution is 6.13. The molecular formula is C14H11FO3. The Kier molecular flexibility index (Phi) is 3.37. The van der Waals surface area contributed by atoms with Crippen molar-refractivity contribution in [2.24, 2.45) is 0 Å². The summed E-state index contributed by atoms with van der Waals surface area (Å²) in [4.78, 5) is 23.6. The lowest BCUT2D eigenvalue weighted by Gasteiger charge is -2.01. The van der Waals surface area contributed by atoms with Crippen LogP contribution in [0.3, 0.4) is 0 Å². The molecular weight excluding hydrogens is 235 g/mol. The number of benzene rings is 1. The molecule has 0 aliphatic carbocycles. The van der Waals surface area contributed by atoms with Crippen molar-refractivity contribution in [3.63, 3.8) is 0 Å². The molecule has 0 aliphatic heterocycles. The van der Waals surface area contributed by atoms with Crippen molar-refractivity contribution in [3.05, 3.63) is 59.3 Å². The monoisotopic (exact) mass is 246 g/mol. The van der Waals surface area contributed by atoms with Gasteiger partial charge in [-0.2, -0.15) is 0 Å². The highest BCUT2D eigenvalue weighted by atomic mass is 19.1. The SMILES string of the molecule is Cc1occc1C(=O)CC(=O)c1ccccc1F. The van der Waals surface area contributed by atoms with Crippen molar-refractivity contribution < 1.29 is 18.4 Å². The van der Waals surface area contributed by atoms with Crippen molar-refractivity contribution in [2.45, 2.75) is 13.3 Å². The molecule has 0 saturated carbocycles. The van der Waals surface area contributed by atoms with Crippen molar-refractivity contribution in [2.75, 3.05) is 0 Å². The van der Waals surface area contributed by atoms with E-state index in [1.165, 1.54) is 30.5 Å². The summed E-state index contributed by atoms with van der Waals surface area (Å²) in [5.74, 6) is -1.05. The Morgan fingerprint density at radius 2 is 1.78 bits per heavy atom. The molecule has 18 heavy (non-hydrogen) atoms. The number of halogens is 1. The lowest BCUT2D eigenvalue weighted by molar-refractivity contribution is 0.0891. The molecule has 1 aromatic carbocycles. The Morgan fingerprint density at radius 3 is 2.39 bits per heavy atom. The largest absolute Gasteiger partial charge is 0.469 e. The average molecular weight is 246 g/mol. The van der Waals surface area contributed by atoms with E-state index in [0.29, 0.717) is 11.3 Å². The molecule has 2 rings (SSSR count). The normalized spacial score (nSPS) is 10.3. The minimum Gasteiger partial charge on any atom is -0.469 e. The Hall–Kier alpha value is -2.23. The smallest absolute Gasteiger partial charge is 0.174 e. The summed E-state index contributed by atoms with van der Waals surface area (Å²) in [5, 5.41) is 0. The fraction of sp³-hybridized carbons (Fsp3) is 0.143. The van der Waals surface area contributed by atoms with Gasteiger partial charge in [-0.1, -0.05) is 12.1 Å². The number of ketones is 2. The van der Waals surface area contributed by atoms with Crippen LogP contribution in [0.4, 0.5) is 4.39 Å². The van der Waals surface area contributed by atoms with Gasteiger partial charge in [-0.05, 0) is 25.1 Å². The predicted octanol–water partition coefficient (Wildman–Crippen LogP) is 3.18. The summed E-state index contributed by atoms with van der Waals surface area (Å²) in [6.07, 6.45) is 1.03. The van der Waals surface area contributed by atoms with Crippen molar-refractivity contribution in [1.29, 1.82) is 0 Å². The van der Waals surface area contributed by atoms with E-state index in [4.69, 9.17) is 4.42 Å². The van der Waals surface area contributed by atoms with E-state index in [0.717, 1.165) is 0 Å². The van der Waals surface area contributed by atoms with Gasteiger partial charge in [0, 0.05) is 0 Å². The van der Waals surface area contributed by atoms with E-state index < -0.39 is 11.6 Å². The van der Waals surface area contributed by atoms with Crippen LogP contribution in [0.2, 0.25) is 0 Å². The lowest BCUT2D eigenvalue weighted by atomic mass is 10.0. The van der Waals surface area contributed by atoms with Crippen LogP contribution in [0.25, 0.3) is 0 Å². The predicted molar refractivity (Wildman–Crippen MR) is 63.1 cm³/mol. The zero-order chi connectivity index (χ0) is 13.1. The first kappa shape index (κ1) is 12.2. The van der Waals surface area contributed by atoms with Gasteiger partial charge >= 0.3 is 0 Å². The van der Waals surface area contributed by atoms with Crippen LogP contribution in [0, 0.1) is 12.7 Å². The summed E-state index contributed by atoms with van der Waals surface area (Å²) in [6, 6.07) is 7.12. The lowest BCUT2D eigenvalue weighted by Crippen LogP contribution is -2.10. The van der Waals surface area contributed by atoms with Crippen LogP contribution in [0.1, 0.15) is 32.9 Å². The second-order valence-corrected chi connectivity index (χ2v) is 3.89. The average Bonchev–Trinajstić information content (AvgIpc) is 2.76. The Labute approximate surface area is 103 Å². The summed E-state index contributed by atoms with van der Waals surface area (Å²) in [6.45, 7) is 1.64. The third kappa shape index (κ3) is 2.37. The fourth-order valence-corrected chi connectivity index (χ4v) is 1.70. The Morgan fingerprint density at radius 1 is 1.11 bits per heavy atom. The molecule has 4 heteroatoms. The summed E-state index contributed by atoms with van der Waals surface area (Å²) in [5.41, 5.74) is 0.298. The van der Waals surface area contributed by atoms with Gasteiger partial charge < -0.3 is 4.42 Å². The molecule has 0 unspecified atom stereocenters. The van der Waals surface area contributed by atoms with Crippen LogP contribution >= 0.6 is 0 Å². The molecule has 0 fully saturated rings. The summed E-state index contributed by atoms with van der Waals surface area (Å²) in [7, 11) is 0. The summed E-state index contributed by atoms with van der Waals surface area (Å²) >= 11 is 0. The third-order valence-corrected chi connectivity index (χ3v) is 2.65. The first-order valence-electron chi connectivity index (χ1n) is 5.44. The second kappa shape index (κ2) is 4.96. The molecule has 0 N–H and O–H groups in total. The van der Waals surface area contributed by atoms with E-state index in [1.807, 2.05) is 0 Å². The van der Waals surface area contributed by atoms with Crippen molar-refractivity contribution in [3.8, 4) is 0 Å². The number of carbonyl (C=O) groups excluding carboxylic acids is 2. The number of furan rings is 1. The van der Waals surface area contributed by atoms with Gasteiger partial charge in [0.05, 0.1) is 23.8 Å². The molecule has 0 spiro atoms. The molecule has 0 bridgehead atoms. The molecule has 0 radical (unpaired) electrons. The number of hydrogen-bond donors (Lipinski definition) is 0. The molecule has 0 amide bonds. The third-order valence-electron chi connectivity index (χ3n) is 2.65. The van der Waals surface area contributed by atoms with Crippen LogP contribution in [-0.2, 0) is 0 Å². The fourth-order valence-electron chi connectivity index (χ4n) is 1.70. The van der Waals surface area contributed by atoms with Crippen LogP contribution in [0.15, 0.2) is 41.0 Å². The van der Waals surface area contributed by atoms with E-state index in [2.05, 4.69) is 0 Å². The highest BCUT2D eigenvalue weighted by Gasteiger charge is 2.18.